The highest BCUT2D eigenvalue weighted by Crippen LogP contribution is 2.54. The van der Waals surface area contributed by atoms with E-state index in [4.69, 9.17) is 14.0 Å². The van der Waals surface area contributed by atoms with Crippen LogP contribution in [0, 0.1) is 5.92 Å². The van der Waals surface area contributed by atoms with Crippen LogP contribution in [-0.4, -0.2) is 115 Å². The molecule has 2 fully saturated rings. The number of likely N-dealkylation sites (N-methyl/N-ethyl adjacent to an activating group) is 1. The lowest BCUT2D eigenvalue weighted by Gasteiger charge is -2.43. The van der Waals surface area contributed by atoms with Crippen LogP contribution in [0.2, 0.25) is 0 Å². The Labute approximate surface area is 264 Å². The van der Waals surface area contributed by atoms with Crippen LogP contribution >= 0.6 is 7.67 Å². The molecule has 0 aliphatic carbocycles. The number of hydrogen-bond donors (Lipinski definition) is 3. The highest BCUT2D eigenvalue weighted by molar-refractivity contribution is 7.53. The maximum atomic E-state index is 14.5. The molecular weight excluding hydrogens is 623 g/mol. The van der Waals surface area contributed by atoms with Crippen molar-refractivity contribution in [1.82, 2.24) is 43.3 Å². The van der Waals surface area contributed by atoms with E-state index in [9.17, 15) is 23.7 Å². The van der Waals surface area contributed by atoms with Gasteiger partial charge in [0.1, 0.15) is 6.23 Å². The maximum absolute atomic E-state index is 14.5. The molecule has 2 unspecified atom stereocenters. The second-order valence-corrected chi connectivity index (χ2v) is 14.6. The Bertz CT molecular complexity index is 1780. The molecule has 18 nitrogen and oxygen atoms in total. The van der Waals surface area contributed by atoms with Gasteiger partial charge in [0, 0.05) is 37.8 Å². The van der Waals surface area contributed by atoms with E-state index in [0.29, 0.717) is 26.1 Å². The summed E-state index contributed by atoms with van der Waals surface area (Å²) in [6.07, 6.45) is 1.11. The van der Waals surface area contributed by atoms with Gasteiger partial charge in [-0.3, -0.25) is 48.3 Å². The minimum absolute atomic E-state index is 0.00671. The minimum atomic E-state index is -3.66. The summed E-state index contributed by atoms with van der Waals surface area (Å²) in [5.74, 6) is -0.609. The normalized spacial score (nSPS) is 24.4. The van der Waals surface area contributed by atoms with E-state index in [1.807, 2.05) is 18.9 Å². The Hall–Kier alpha value is -3.51. The molecule has 0 bridgehead atoms. The molecular formula is C27H41N10O8P. The van der Waals surface area contributed by atoms with E-state index in [1.165, 1.54) is 27.8 Å². The van der Waals surface area contributed by atoms with Gasteiger partial charge < -0.3 is 14.0 Å². The molecule has 5 atom stereocenters. The average Bonchev–Trinajstić information content (AvgIpc) is 3.44. The molecule has 3 aromatic heterocycles. The van der Waals surface area contributed by atoms with E-state index >= 15 is 0 Å². The Morgan fingerprint density at radius 1 is 1.11 bits per heavy atom. The number of carbonyl (C=O) groups excluding carboxylic acids is 1. The number of nitrogens with zero attached hydrogens (tertiary/aromatic N) is 7. The first-order valence-corrected chi connectivity index (χ1v) is 16.6. The van der Waals surface area contributed by atoms with Crippen LogP contribution in [-0.2, 0) is 23.4 Å². The third-order valence-corrected chi connectivity index (χ3v) is 10.4. The first-order chi connectivity index (χ1) is 21.8. The van der Waals surface area contributed by atoms with Crippen LogP contribution in [0.15, 0.2) is 33.0 Å². The number of ether oxygens (including phenoxy) is 2. The smallest absolute Gasteiger partial charge is 0.345 e. The summed E-state index contributed by atoms with van der Waals surface area (Å²) < 4.78 is 39.3. The van der Waals surface area contributed by atoms with Gasteiger partial charge >= 0.3 is 13.4 Å². The van der Waals surface area contributed by atoms with Crippen molar-refractivity contribution in [2.75, 3.05) is 59.2 Å². The predicted octanol–water partition coefficient (Wildman–Crippen LogP) is 0.389. The quantitative estimate of drug-likeness (QED) is 0.252. The summed E-state index contributed by atoms with van der Waals surface area (Å²) in [6, 6.07) is 1.23. The molecule has 5 heterocycles. The third-order valence-electron chi connectivity index (χ3n) is 7.88. The SMILES string of the molecule is CC[C@@H]1CN([P@](=O)(OC[C@@H]2CN(C)CC(n3cnc4c(=O)[nH]c(NC(=O)C(C)C)nc43)O2)N(C)C)CC(n2ccc(=O)[nH]c2=O)O1. The van der Waals surface area contributed by atoms with Crippen LogP contribution < -0.4 is 22.1 Å². The molecule has 46 heavy (non-hydrogen) atoms. The van der Waals surface area contributed by atoms with Gasteiger partial charge in [-0.1, -0.05) is 20.8 Å². The zero-order valence-electron chi connectivity index (χ0n) is 26.7. The first-order valence-electron chi connectivity index (χ1n) is 15.1. The number of morpholine rings is 2. The highest BCUT2D eigenvalue weighted by atomic mass is 31.2. The van der Waals surface area contributed by atoms with Crippen molar-refractivity contribution >= 4 is 30.7 Å². The second kappa shape index (κ2) is 13.7. The van der Waals surface area contributed by atoms with Crippen LogP contribution in [0.5, 0.6) is 0 Å². The average molecular weight is 665 g/mol. The third kappa shape index (κ3) is 7.07. The van der Waals surface area contributed by atoms with Crippen LogP contribution in [0.25, 0.3) is 11.2 Å². The van der Waals surface area contributed by atoms with Crippen molar-refractivity contribution in [3.63, 3.8) is 0 Å². The molecule has 19 heteroatoms. The largest absolute Gasteiger partial charge is 0.352 e. The summed E-state index contributed by atoms with van der Waals surface area (Å²) in [7, 11) is 1.56. The van der Waals surface area contributed by atoms with Crippen molar-refractivity contribution < 1.29 is 23.4 Å². The van der Waals surface area contributed by atoms with Crippen molar-refractivity contribution in [3.8, 4) is 0 Å². The highest BCUT2D eigenvalue weighted by Gasteiger charge is 2.43. The van der Waals surface area contributed by atoms with Gasteiger partial charge in [0.05, 0.1) is 31.7 Å². The number of imidazole rings is 1. The molecule has 2 aliphatic rings. The van der Waals surface area contributed by atoms with E-state index in [-0.39, 0.29) is 48.2 Å². The molecule has 2 aliphatic heterocycles. The predicted molar refractivity (Wildman–Crippen MR) is 167 cm³/mol. The molecule has 1 amide bonds. The lowest BCUT2D eigenvalue weighted by Crippen LogP contribution is -2.49. The number of fused-ring (bicyclic) bond motifs is 1. The zero-order valence-corrected chi connectivity index (χ0v) is 27.6. The molecule has 0 radical (unpaired) electrons. The molecule has 2 saturated heterocycles. The van der Waals surface area contributed by atoms with E-state index in [1.54, 1.807) is 37.2 Å². The molecule has 3 aromatic rings. The van der Waals surface area contributed by atoms with Gasteiger partial charge in [-0.2, -0.15) is 4.98 Å². The Balaban J connectivity index is 1.35. The van der Waals surface area contributed by atoms with Gasteiger partial charge in [0.15, 0.2) is 17.4 Å². The van der Waals surface area contributed by atoms with Crippen LogP contribution in [0.4, 0.5) is 5.95 Å². The van der Waals surface area contributed by atoms with Crippen LogP contribution in [0.1, 0.15) is 39.6 Å². The molecule has 5 rings (SSSR count). The van der Waals surface area contributed by atoms with E-state index in [2.05, 4.69) is 25.3 Å². The number of hydrogen-bond acceptors (Lipinski definition) is 11. The summed E-state index contributed by atoms with van der Waals surface area (Å²) in [6.45, 7) is 6.62. The fourth-order valence-corrected chi connectivity index (χ4v) is 7.36. The van der Waals surface area contributed by atoms with Gasteiger partial charge in [0.25, 0.3) is 11.1 Å². The number of nitrogens with one attached hydrogen (secondary N) is 3. The van der Waals surface area contributed by atoms with Crippen molar-refractivity contribution in [3.05, 3.63) is 49.8 Å². The second-order valence-electron chi connectivity index (χ2n) is 12.0. The fourth-order valence-electron chi connectivity index (χ4n) is 5.37. The topological polar surface area (TPSA) is 202 Å². The molecule has 0 spiro atoms. The van der Waals surface area contributed by atoms with Gasteiger partial charge in [0.2, 0.25) is 11.9 Å². The minimum Gasteiger partial charge on any atom is -0.352 e. The number of carbonyl (C=O) groups is 1. The van der Waals surface area contributed by atoms with Crippen molar-refractivity contribution in [2.45, 2.75) is 51.9 Å². The lowest BCUT2D eigenvalue weighted by atomic mass is 10.2. The molecule has 0 saturated carbocycles. The zero-order chi connectivity index (χ0) is 33.3. The number of H-pyrrole nitrogens is 2. The van der Waals surface area contributed by atoms with E-state index in [0.717, 1.165) is 0 Å². The molecule has 3 N–H and O–H groups in total. The standard InChI is InChI=1S/C27H41N10O8P/c1-7-17-11-35(13-21(44-17)36-9-8-19(38)29-27(36)41)46(42,33(4)5)43-14-18-10-34(6)12-20(45-18)37-15-28-22-23(37)30-26(32-25(22)40)31-24(39)16(2)3/h8-9,15-18,20-21H,7,10-14H2,1-6H3,(H,29,38,41)(H2,30,31,32,39,40)/t17-,18+,20?,21?,46-/m1/s1. The lowest BCUT2D eigenvalue weighted by molar-refractivity contribution is -0.128. The van der Waals surface area contributed by atoms with Gasteiger partial charge in [-0.25, -0.2) is 19.1 Å². The number of aromatic amines is 2. The number of aromatic nitrogens is 6. The maximum Gasteiger partial charge on any atom is 0.345 e. The molecule has 252 valence electrons. The summed E-state index contributed by atoms with van der Waals surface area (Å²) >= 11 is 0. The monoisotopic (exact) mass is 664 g/mol. The Morgan fingerprint density at radius 2 is 1.83 bits per heavy atom. The fraction of sp³-hybridized carbons (Fsp3) is 0.630. The number of anilines is 1. The van der Waals surface area contributed by atoms with Gasteiger partial charge in [-0.15, -0.1) is 0 Å². The van der Waals surface area contributed by atoms with Crippen LogP contribution in [0.3, 0.4) is 0 Å². The summed E-state index contributed by atoms with van der Waals surface area (Å²) in [4.78, 5) is 64.6. The Kier molecular flexibility index (Phi) is 10.1. The number of amides is 1. The first kappa shape index (κ1) is 33.8. The summed E-state index contributed by atoms with van der Waals surface area (Å²) in [5, 5.41) is 2.62. The number of rotatable bonds is 10. The van der Waals surface area contributed by atoms with Crippen molar-refractivity contribution in [1.29, 1.82) is 0 Å². The van der Waals surface area contributed by atoms with Crippen molar-refractivity contribution in [2.24, 2.45) is 5.92 Å². The van der Waals surface area contributed by atoms with E-state index < -0.39 is 43.0 Å². The molecule has 0 aromatic carbocycles. The Morgan fingerprint density at radius 3 is 2.50 bits per heavy atom. The summed E-state index contributed by atoms with van der Waals surface area (Å²) in [5.41, 5.74) is -1.32. The van der Waals surface area contributed by atoms with Gasteiger partial charge in [-0.05, 0) is 27.6 Å².